The molecule has 1 aromatic carbocycles. The van der Waals surface area contributed by atoms with E-state index in [1.54, 1.807) is 7.11 Å². The van der Waals surface area contributed by atoms with Crippen LogP contribution in [0.3, 0.4) is 0 Å². The summed E-state index contributed by atoms with van der Waals surface area (Å²) >= 11 is 0. The lowest BCUT2D eigenvalue weighted by atomic mass is 9.93. The van der Waals surface area contributed by atoms with E-state index in [-0.39, 0.29) is 11.9 Å². The van der Waals surface area contributed by atoms with Gasteiger partial charge in [-0.2, -0.15) is 0 Å². The second-order valence-corrected chi connectivity index (χ2v) is 5.81. The van der Waals surface area contributed by atoms with Crippen LogP contribution in [0, 0.1) is 11.8 Å². The van der Waals surface area contributed by atoms with Crippen LogP contribution in [0.5, 0.6) is 5.75 Å². The highest BCUT2D eigenvalue weighted by atomic mass is 16.5. The van der Waals surface area contributed by atoms with Crippen molar-refractivity contribution < 1.29 is 9.53 Å². The summed E-state index contributed by atoms with van der Waals surface area (Å²) in [6.45, 7) is 1.59. The minimum absolute atomic E-state index is 0.0146. The van der Waals surface area contributed by atoms with Crippen molar-refractivity contribution in [2.24, 2.45) is 11.8 Å². The van der Waals surface area contributed by atoms with Gasteiger partial charge in [-0.15, -0.1) is 0 Å². The van der Waals surface area contributed by atoms with Crippen LogP contribution >= 0.6 is 0 Å². The van der Waals surface area contributed by atoms with E-state index >= 15 is 0 Å². The Morgan fingerprint density at radius 1 is 1.35 bits per heavy atom. The van der Waals surface area contributed by atoms with Crippen molar-refractivity contribution in [1.82, 2.24) is 10.6 Å². The second kappa shape index (κ2) is 5.83. The third kappa shape index (κ3) is 2.66. The van der Waals surface area contributed by atoms with Gasteiger partial charge in [0.25, 0.3) is 0 Å². The van der Waals surface area contributed by atoms with Crippen molar-refractivity contribution in [3.05, 3.63) is 29.8 Å². The lowest BCUT2D eigenvalue weighted by molar-refractivity contribution is -0.123. The van der Waals surface area contributed by atoms with Gasteiger partial charge in [-0.25, -0.2) is 0 Å². The summed E-state index contributed by atoms with van der Waals surface area (Å²) in [5.41, 5.74) is 1.10. The lowest BCUT2D eigenvalue weighted by Crippen LogP contribution is -2.43. The molecule has 108 valence electrons. The van der Waals surface area contributed by atoms with E-state index in [1.165, 1.54) is 19.3 Å². The maximum atomic E-state index is 12.3. The standard InChI is InChI=1S/C16H22N2O2/c1-20-13-7-5-11(6-8-13)9-18-16(19)15-14-4-2-3-12(14)10-17-15/h5-8,12,14-15,17H,2-4,9-10H2,1H3,(H,18,19). The molecule has 1 saturated carbocycles. The molecule has 4 heteroatoms. The highest BCUT2D eigenvalue weighted by molar-refractivity contribution is 5.82. The molecule has 0 radical (unpaired) electrons. The maximum Gasteiger partial charge on any atom is 0.237 e. The summed E-state index contributed by atoms with van der Waals surface area (Å²) in [6.07, 6.45) is 3.75. The average molecular weight is 274 g/mol. The van der Waals surface area contributed by atoms with Gasteiger partial charge >= 0.3 is 0 Å². The van der Waals surface area contributed by atoms with Crippen LogP contribution in [0.25, 0.3) is 0 Å². The molecule has 3 unspecified atom stereocenters. The molecule has 3 atom stereocenters. The van der Waals surface area contributed by atoms with E-state index in [2.05, 4.69) is 10.6 Å². The minimum Gasteiger partial charge on any atom is -0.497 e. The second-order valence-electron chi connectivity index (χ2n) is 5.81. The zero-order chi connectivity index (χ0) is 13.9. The van der Waals surface area contributed by atoms with Crippen LogP contribution in [0.1, 0.15) is 24.8 Å². The van der Waals surface area contributed by atoms with Crippen LogP contribution in [-0.2, 0) is 11.3 Å². The molecular formula is C16H22N2O2. The number of ether oxygens (including phenoxy) is 1. The highest BCUT2D eigenvalue weighted by Crippen LogP contribution is 2.37. The van der Waals surface area contributed by atoms with Crippen molar-refractivity contribution in [3.8, 4) is 5.75 Å². The Bertz CT molecular complexity index is 472. The molecule has 3 rings (SSSR count). The molecule has 1 aliphatic carbocycles. The molecule has 1 saturated heterocycles. The predicted molar refractivity (Wildman–Crippen MR) is 77.5 cm³/mol. The average Bonchev–Trinajstić information content (AvgIpc) is 3.08. The summed E-state index contributed by atoms with van der Waals surface area (Å²) in [6, 6.07) is 7.82. The first kappa shape index (κ1) is 13.4. The predicted octanol–water partition coefficient (Wildman–Crippen LogP) is 1.70. The molecule has 2 N–H and O–H groups in total. The van der Waals surface area contributed by atoms with Crippen molar-refractivity contribution in [2.75, 3.05) is 13.7 Å². The van der Waals surface area contributed by atoms with E-state index in [9.17, 15) is 4.79 Å². The summed E-state index contributed by atoms with van der Waals surface area (Å²) < 4.78 is 5.13. The van der Waals surface area contributed by atoms with Crippen molar-refractivity contribution in [1.29, 1.82) is 0 Å². The number of carbonyl (C=O) groups excluding carboxylic acids is 1. The van der Waals surface area contributed by atoms with Crippen molar-refractivity contribution in [2.45, 2.75) is 31.8 Å². The van der Waals surface area contributed by atoms with Crippen molar-refractivity contribution >= 4 is 5.91 Å². The minimum atomic E-state index is 0.0146. The third-order valence-electron chi connectivity index (χ3n) is 4.65. The summed E-state index contributed by atoms with van der Waals surface area (Å²) in [5.74, 6) is 2.25. The number of rotatable bonds is 4. The molecule has 2 aliphatic rings. The van der Waals surface area contributed by atoms with Gasteiger partial charge in [0.1, 0.15) is 5.75 Å². The maximum absolute atomic E-state index is 12.3. The molecule has 1 aromatic rings. The van der Waals surface area contributed by atoms with Crippen LogP contribution in [0.4, 0.5) is 0 Å². The van der Waals surface area contributed by atoms with Gasteiger partial charge in [0, 0.05) is 6.54 Å². The monoisotopic (exact) mass is 274 g/mol. The SMILES string of the molecule is COc1ccc(CNC(=O)C2NCC3CCCC32)cc1. The summed E-state index contributed by atoms with van der Waals surface area (Å²) in [5, 5.41) is 6.43. The van der Waals surface area contributed by atoms with Crippen LogP contribution in [0.15, 0.2) is 24.3 Å². The first-order valence-corrected chi connectivity index (χ1v) is 7.42. The number of methoxy groups -OCH3 is 1. The Labute approximate surface area is 119 Å². The smallest absolute Gasteiger partial charge is 0.237 e. The zero-order valence-corrected chi connectivity index (χ0v) is 11.9. The van der Waals surface area contributed by atoms with E-state index in [0.29, 0.717) is 18.4 Å². The first-order valence-electron chi connectivity index (χ1n) is 7.42. The van der Waals surface area contributed by atoms with Gasteiger partial charge in [0.05, 0.1) is 13.2 Å². The van der Waals surface area contributed by atoms with Crippen LogP contribution in [0.2, 0.25) is 0 Å². The Kier molecular flexibility index (Phi) is 3.92. The fourth-order valence-corrected chi connectivity index (χ4v) is 3.52. The first-order chi connectivity index (χ1) is 9.78. The van der Waals surface area contributed by atoms with Gasteiger partial charge < -0.3 is 15.4 Å². The van der Waals surface area contributed by atoms with E-state index in [1.807, 2.05) is 24.3 Å². The van der Waals surface area contributed by atoms with Crippen LogP contribution in [-0.4, -0.2) is 25.6 Å². The number of amides is 1. The lowest BCUT2D eigenvalue weighted by Gasteiger charge is -2.17. The fourth-order valence-electron chi connectivity index (χ4n) is 3.52. The Morgan fingerprint density at radius 2 is 2.15 bits per heavy atom. The third-order valence-corrected chi connectivity index (χ3v) is 4.65. The van der Waals surface area contributed by atoms with E-state index in [0.717, 1.165) is 17.9 Å². The Balaban J connectivity index is 1.53. The molecule has 2 fully saturated rings. The zero-order valence-electron chi connectivity index (χ0n) is 11.9. The molecule has 20 heavy (non-hydrogen) atoms. The normalized spacial score (nSPS) is 28.1. The number of carbonyl (C=O) groups is 1. The van der Waals surface area contributed by atoms with E-state index < -0.39 is 0 Å². The van der Waals surface area contributed by atoms with Crippen LogP contribution < -0.4 is 15.4 Å². The van der Waals surface area contributed by atoms with Gasteiger partial charge in [-0.3, -0.25) is 4.79 Å². The molecule has 0 aromatic heterocycles. The highest BCUT2D eigenvalue weighted by Gasteiger charge is 2.42. The molecule has 1 aliphatic heterocycles. The number of benzene rings is 1. The molecule has 0 bridgehead atoms. The van der Waals surface area contributed by atoms with Gasteiger partial charge in [0.15, 0.2) is 0 Å². The molecule has 4 nitrogen and oxygen atoms in total. The number of nitrogens with one attached hydrogen (secondary N) is 2. The quantitative estimate of drug-likeness (QED) is 0.878. The topological polar surface area (TPSA) is 50.4 Å². The molecule has 1 heterocycles. The van der Waals surface area contributed by atoms with Crippen molar-refractivity contribution in [3.63, 3.8) is 0 Å². The fraction of sp³-hybridized carbons (Fsp3) is 0.562. The Morgan fingerprint density at radius 3 is 2.90 bits per heavy atom. The number of fused-ring (bicyclic) bond motifs is 1. The van der Waals surface area contributed by atoms with Gasteiger partial charge in [-0.05, 0) is 48.9 Å². The molecular weight excluding hydrogens is 252 g/mol. The molecule has 1 amide bonds. The molecule has 0 spiro atoms. The van der Waals surface area contributed by atoms with E-state index in [4.69, 9.17) is 4.74 Å². The Hall–Kier alpha value is -1.55. The van der Waals surface area contributed by atoms with Gasteiger partial charge in [0.2, 0.25) is 5.91 Å². The number of hydrogen-bond acceptors (Lipinski definition) is 3. The van der Waals surface area contributed by atoms with Gasteiger partial charge in [-0.1, -0.05) is 18.6 Å². The summed E-state index contributed by atoms with van der Waals surface area (Å²) in [7, 11) is 1.65. The summed E-state index contributed by atoms with van der Waals surface area (Å²) in [4.78, 5) is 12.3. The largest absolute Gasteiger partial charge is 0.497 e. The number of hydrogen-bond donors (Lipinski definition) is 2.